The third kappa shape index (κ3) is 5.65. The van der Waals surface area contributed by atoms with E-state index in [9.17, 15) is 0 Å². The van der Waals surface area contributed by atoms with E-state index in [4.69, 9.17) is 5.26 Å². The topological polar surface area (TPSA) is 27.0 Å². The van der Waals surface area contributed by atoms with Gasteiger partial charge in [0.15, 0.2) is 0 Å². The molecule has 0 bridgehead atoms. The Labute approximate surface area is 82.5 Å². The lowest BCUT2D eigenvalue weighted by atomic mass is 10.1. The summed E-state index contributed by atoms with van der Waals surface area (Å²) in [6, 6.07) is 2.71. The molecule has 0 aliphatic rings. The van der Waals surface area contributed by atoms with E-state index in [1.165, 1.54) is 12.8 Å². The molecule has 0 amide bonds. The van der Waals surface area contributed by atoms with Gasteiger partial charge in [0.2, 0.25) is 0 Å². The van der Waals surface area contributed by atoms with E-state index < -0.39 is 0 Å². The molecule has 0 aliphatic carbocycles. The summed E-state index contributed by atoms with van der Waals surface area (Å²) in [7, 11) is 0. The van der Waals surface area contributed by atoms with Crippen molar-refractivity contribution >= 4 is 0 Å². The molecule has 0 fully saturated rings. The third-order valence-corrected chi connectivity index (χ3v) is 2.33. The number of nitrogens with zero attached hydrogens (tertiary/aromatic N) is 2. The standard InChI is InChI=1S/C11H22N2/c1-5-6-11(4)9-13(8-7-12)10(2)3/h10-11H,5-6,8-9H2,1-4H3. The highest BCUT2D eigenvalue weighted by molar-refractivity contribution is 4.79. The summed E-state index contributed by atoms with van der Waals surface area (Å²) < 4.78 is 0. The van der Waals surface area contributed by atoms with Gasteiger partial charge in [0, 0.05) is 12.6 Å². The first-order chi connectivity index (χ1) is 6.11. The molecule has 0 heterocycles. The van der Waals surface area contributed by atoms with Crippen molar-refractivity contribution < 1.29 is 0 Å². The van der Waals surface area contributed by atoms with Gasteiger partial charge in [-0.25, -0.2) is 0 Å². The summed E-state index contributed by atoms with van der Waals surface area (Å²) in [5.41, 5.74) is 0. The smallest absolute Gasteiger partial charge is 0.0868 e. The van der Waals surface area contributed by atoms with Crippen molar-refractivity contribution in [3.8, 4) is 6.07 Å². The molecule has 0 aromatic heterocycles. The Balaban J connectivity index is 3.88. The normalized spacial score (nSPS) is 13.3. The van der Waals surface area contributed by atoms with Gasteiger partial charge in [-0.05, 0) is 26.2 Å². The zero-order valence-electron chi connectivity index (χ0n) is 9.38. The molecule has 0 N–H and O–H groups in total. The van der Waals surface area contributed by atoms with E-state index in [0.29, 0.717) is 18.5 Å². The summed E-state index contributed by atoms with van der Waals surface area (Å²) in [4.78, 5) is 2.24. The molecular weight excluding hydrogens is 160 g/mol. The molecule has 0 aromatic rings. The second-order valence-corrected chi connectivity index (χ2v) is 4.08. The fourth-order valence-corrected chi connectivity index (χ4v) is 1.53. The predicted molar refractivity (Wildman–Crippen MR) is 56.4 cm³/mol. The van der Waals surface area contributed by atoms with E-state index in [0.717, 1.165) is 6.54 Å². The van der Waals surface area contributed by atoms with Crippen LogP contribution in [-0.2, 0) is 0 Å². The number of hydrogen-bond acceptors (Lipinski definition) is 2. The van der Waals surface area contributed by atoms with Crippen LogP contribution in [0.3, 0.4) is 0 Å². The molecule has 0 saturated carbocycles. The lowest BCUT2D eigenvalue weighted by Gasteiger charge is -2.26. The molecule has 76 valence electrons. The SMILES string of the molecule is CCCC(C)CN(CC#N)C(C)C. The summed E-state index contributed by atoms with van der Waals surface area (Å²) >= 11 is 0. The Kier molecular flexibility index (Phi) is 6.62. The molecule has 0 saturated heterocycles. The minimum absolute atomic E-state index is 0.485. The van der Waals surface area contributed by atoms with Gasteiger partial charge in [0.25, 0.3) is 0 Å². The average molecular weight is 182 g/mol. The van der Waals surface area contributed by atoms with E-state index in [-0.39, 0.29) is 0 Å². The molecule has 0 spiro atoms. The molecule has 13 heavy (non-hydrogen) atoms. The van der Waals surface area contributed by atoms with Crippen LogP contribution in [0, 0.1) is 17.2 Å². The van der Waals surface area contributed by atoms with Crippen LogP contribution in [0.2, 0.25) is 0 Å². The number of nitriles is 1. The second kappa shape index (κ2) is 6.91. The van der Waals surface area contributed by atoms with Crippen LogP contribution >= 0.6 is 0 Å². The predicted octanol–water partition coefficient (Wildman–Crippen LogP) is 2.66. The van der Waals surface area contributed by atoms with Crippen LogP contribution in [0.25, 0.3) is 0 Å². The molecule has 2 nitrogen and oxygen atoms in total. The van der Waals surface area contributed by atoms with Gasteiger partial charge in [-0.3, -0.25) is 4.90 Å². The average Bonchev–Trinajstić information content (AvgIpc) is 2.04. The van der Waals surface area contributed by atoms with Crippen molar-refractivity contribution in [3.63, 3.8) is 0 Å². The van der Waals surface area contributed by atoms with Gasteiger partial charge < -0.3 is 0 Å². The van der Waals surface area contributed by atoms with Crippen LogP contribution < -0.4 is 0 Å². The van der Waals surface area contributed by atoms with Crippen LogP contribution in [0.5, 0.6) is 0 Å². The fraction of sp³-hybridized carbons (Fsp3) is 0.909. The van der Waals surface area contributed by atoms with E-state index in [1.807, 2.05) is 0 Å². The van der Waals surface area contributed by atoms with Crippen molar-refractivity contribution in [2.45, 2.75) is 46.6 Å². The van der Waals surface area contributed by atoms with Crippen molar-refractivity contribution in [1.29, 1.82) is 5.26 Å². The van der Waals surface area contributed by atoms with Crippen molar-refractivity contribution in [3.05, 3.63) is 0 Å². The Morgan fingerprint density at radius 1 is 1.31 bits per heavy atom. The maximum atomic E-state index is 8.64. The first kappa shape index (κ1) is 12.4. The van der Waals surface area contributed by atoms with Crippen LogP contribution in [0.1, 0.15) is 40.5 Å². The summed E-state index contributed by atoms with van der Waals surface area (Å²) in [5.74, 6) is 0.709. The Morgan fingerprint density at radius 3 is 2.31 bits per heavy atom. The first-order valence-electron chi connectivity index (χ1n) is 5.22. The largest absolute Gasteiger partial charge is 0.288 e. The zero-order chi connectivity index (χ0) is 10.3. The highest BCUT2D eigenvalue weighted by Gasteiger charge is 2.11. The Hall–Kier alpha value is -0.550. The van der Waals surface area contributed by atoms with Crippen molar-refractivity contribution in [1.82, 2.24) is 4.90 Å². The van der Waals surface area contributed by atoms with E-state index in [1.54, 1.807) is 0 Å². The maximum absolute atomic E-state index is 8.64. The fourth-order valence-electron chi connectivity index (χ4n) is 1.53. The van der Waals surface area contributed by atoms with Gasteiger partial charge in [-0.15, -0.1) is 0 Å². The van der Waals surface area contributed by atoms with Gasteiger partial charge in [0.1, 0.15) is 0 Å². The minimum atomic E-state index is 0.485. The molecular formula is C11H22N2. The molecule has 0 aromatic carbocycles. The maximum Gasteiger partial charge on any atom is 0.0868 e. The quantitative estimate of drug-likeness (QED) is 0.590. The monoisotopic (exact) mass is 182 g/mol. The van der Waals surface area contributed by atoms with Gasteiger partial charge in [-0.1, -0.05) is 20.3 Å². The van der Waals surface area contributed by atoms with Crippen LogP contribution in [-0.4, -0.2) is 24.0 Å². The van der Waals surface area contributed by atoms with E-state index in [2.05, 4.69) is 38.7 Å². The summed E-state index contributed by atoms with van der Waals surface area (Å²) in [5, 5.41) is 8.64. The van der Waals surface area contributed by atoms with Gasteiger partial charge >= 0.3 is 0 Å². The molecule has 1 atom stereocenters. The summed E-state index contributed by atoms with van der Waals surface area (Å²) in [6.07, 6.45) is 2.49. The van der Waals surface area contributed by atoms with E-state index >= 15 is 0 Å². The van der Waals surface area contributed by atoms with Crippen LogP contribution in [0.4, 0.5) is 0 Å². The molecule has 2 heteroatoms. The number of rotatable bonds is 6. The third-order valence-electron chi connectivity index (χ3n) is 2.33. The van der Waals surface area contributed by atoms with Crippen molar-refractivity contribution in [2.75, 3.05) is 13.1 Å². The Bertz CT molecular complexity index is 158. The molecule has 0 radical (unpaired) electrons. The summed E-state index contributed by atoms with van der Waals surface area (Å²) in [6.45, 7) is 10.4. The van der Waals surface area contributed by atoms with Gasteiger partial charge in [-0.2, -0.15) is 5.26 Å². The first-order valence-corrected chi connectivity index (χ1v) is 5.22. The molecule has 0 rings (SSSR count). The molecule has 1 unspecified atom stereocenters. The number of hydrogen-bond donors (Lipinski definition) is 0. The van der Waals surface area contributed by atoms with Gasteiger partial charge in [0.05, 0.1) is 12.6 Å². The zero-order valence-corrected chi connectivity index (χ0v) is 9.38. The van der Waals surface area contributed by atoms with Crippen molar-refractivity contribution in [2.24, 2.45) is 5.92 Å². The van der Waals surface area contributed by atoms with Crippen LogP contribution in [0.15, 0.2) is 0 Å². The highest BCUT2D eigenvalue weighted by atomic mass is 15.1. The lowest BCUT2D eigenvalue weighted by Crippen LogP contribution is -2.35. The highest BCUT2D eigenvalue weighted by Crippen LogP contribution is 2.09. The Morgan fingerprint density at radius 2 is 1.92 bits per heavy atom. The minimum Gasteiger partial charge on any atom is -0.288 e. The second-order valence-electron chi connectivity index (χ2n) is 4.08. The lowest BCUT2D eigenvalue weighted by molar-refractivity contribution is 0.210. The molecule has 0 aliphatic heterocycles.